The summed E-state index contributed by atoms with van der Waals surface area (Å²) in [6.07, 6.45) is -0.120. The van der Waals surface area contributed by atoms with Crippen LogP contribution in [0.1, 0.15) is 17.4 Å². The van der Waals surface area contributed by atoms with Gasteiger partial charge in [-0.1, -0.05) is 30.3 Å². The van der Waals surface area contributed by atoms with E-state index in [9.17, 15) is 9.18 Å². The Morgan fingerprint density at radius 3 is 2.48 bits per heavy atom. The summed E-state index contributed by atoms with van der Waals surface area (Å²) in [5.74, 6) is 0.757. The molecule has 1 saturated heterocycles. The molecule has 0 spiro atoms. The molecule has 27 heavy (non-hydrogen) atoms. The predicted octanol–water partition coefficient (Wildman–Crippen LogP) is 2.00. The van der Waals surface area contributed by atoms with Crippen LogP contribution in [0.25, 0.3) is 0 Å². The Morgan fingerprint density at radius 2 is 1.85 bits per heavy atom. The monoisotopic (exact) mass is 367 g/mol. The fourth-order valence-corrected chi connectivity index (χ4v) is 3.07. The molecule has 8 heteroatoms. The normalized spacial score (nSPS) is 15.3. The summed E-state index contributed by atoms with van der Waals surface area (Å²) in [5, 5.41) is 11.6. The van der Waals surface area contributed by atoms with E-state index in [0.717, 1.165) is 5.56 Å². The molecular weight excluding hydrogens is 349 g/mol. The van der Waals surface area contributed by atoms with Crippen molar-refractivity contribution >= 4 is 5.91 Å². The zero-order valence-corrected chi connectivity index (χ0v) is 14.7. The van der Waals surface area contributed by atoms with Crippen molar-refractivity contribution in [1.29, 1.82) is 0 Å². The highest BCUT2D eigenvalue weighted by molar-refractivity contribution is 5.84. The largest absolute Gasteiger partial charge is 0.487 e. The number of ether oxygens (including phenoxy) is 1. The maximum atomic E-state index is 13.1. The number of hydrogen-bond donors (Lipinski definition) is 0. The number of aryl methyl sites for hydroxylation is 1. The van der Waals surface area contributed by atoms with Gasteiger partial charge in [-0.3, -0.25) is 4.79 Å². The Balaban J connectivity index is 1.47. The van der Waals surface area contributed by atoms with Crippen molar-refractivity contribution in [1.82, 2.24) is 25.1 Å². The van der Waals surface area contributed by atoms with Crippen LogP contribution >= 0.6 is 0 Å². The summed E-state index contributed by atoms with van der Waals surface area (Å²) in [6, 6.07) is 14.7. The number of tetrazole rings is 1. The summed E-state index contributed by atoms with van der Waals surface area (Å²) < 4.78 is 20.3. The van der Waals surface area contributed by atoms with Gasteiger partial charge >= 0.3 is 0 Å². The molecule has 0 bridgehead atoms. The Labute approximate surface area is 155 Å². The number of hydrogen-bond acceptors (Lipinski definition) is 5. The first-order valence-electron chi connectivity index (χ1n) is 8.62. The van der Waals surface area contributed by atoms with Crippen molar-refractivity contribution in [2.24, 2.45) is 0 Å². The van der Waals surface area contributed by atoms with E-state index in [1.165, 1.54) is 16.8 Å². The third-order valence-electron chi connectivity index (χ3n) is 4.53. The number of aromatic nitrogens is 4. The summed E-state index contributed by atoms with van der Waals surface area (Å²) in [7, 11) is 0. The van der Waals surface area contributed by atoms with E-state index in [2.05, 4.69) is 15.5 Å². The van der Waals surface area contributed by atoms with Crippen molar-refractivity contribution in [3.05, 3.63) is 71.8 Å². The van der Waals surface area contributed by atoms with E-state index in [-0.39, 0.29) is 17.8 Å². The van der Waals surface area contributed by atoms with Gasteiger partial charge in [0.05, 0.1) is 13.1 Å². The number of carbonyl (C=O) groups excluding carboxylic acids is 1. The minimum Gasteiger partial charge on any atom is -0.487 e. The second-order valence-electron chi connectivity index (χ2n) is 6.42. The lowest BCUT2D eigenvalue weighted by atomic mass is 10.0. The molecule has 1 aliphatic rings. The molecule has 7 nitrogen and oxygen atoms in total. The highest BCUT2D eigenvalue weighted by atomic mass is 19.1. The number of carbonyl (C=O) groups is 1. The molecule has 2 aromatic carbocycles. The third kappa shape index (κ3) is 3.51. The lowest BCUT2D eigenvalue weighted by Crippen LogP contribution is -2.58. The SMILES string of the molecule is Cc1nnnn1C(C(=O)N1CC(Oc2ccc(F)cc2)C1)c1ccccc1. The molecule has 1 aliphatic heterocycles. The molecule has 0 radical (unpaired) electrons. The quantitative estimate of drug-likeness (QED) is 0.690. The molecule has 138 valence electrons. The van der Waals surface area contributed by atoms with Gasteiger partial charge in [0, 0.05) is 0 Å². The summed E-state index contributed by atoms with van der Waals surface area (Å²) in [5.41, 5.74) is 0.820. The molecule has 1 aromatic heterocycles. The van der Waals surface area contributed by atoms with E-state index < -0.39 is 6.04 Å². The minimum atomic E-state index is -0.618. The Kier molecular flexibility index (Phi) is 4.53. The lowest BCUT2D eigenvalue weighted by molar-refractivity contribution is -0.142. The van der Waals surface area contributed by atoms with Crippen LogP contribution in [0.2, 0.25) is 0 Å². The summed E-state index contributed by atoms with van der Waals surface area (Å²) in [6.45, 7) is 2.68. The van der Waals surface area contributed by atoms with Gasteiger partial charge in [-0.25, -0.2) is 9.07 Å². The van der Waals surface area contributed by atoms with Gasteiger partial charge in [-0.05, 0) is 47.2 Å². The fraction of sp³-hybridized carbons (Fsp3) is 0.263. The van der Waals surface area contributed by atoms with E-state index in [1.807, 2.05) is 30.3 Å². The zero-order chi connectivity index (χ0) is 18.8. The molecule has 3 aromatic rings. The van der Waals surface area contributed by atoms with Crippen LogP contribution in [-0.2, 0) is 4.79 Å². The first-order chi connectivity index (χ1) is 13.1. The van der Waals surface area contributed by atoms with Crippen LogP contribution in [0, 0.1) is 12.7 Å². The number of nitrogens with zero attached hydrogens (tertiary/aromatic N) is 5. The topological polar surface area (TPSA) is 73.1 Å². The van der Waals surface area contributed by atoms with Crippen molar-refractivity contribution in [2.75, 3.05) is 13.1 Å². The van der Waals surface area contributed by atoms with Gasteiger partial charge < -0.3 is 9.64 Å². The van der Waals surface area contributed by atoms with Crippen LogP contribution in [0.3, 0.4) is 0 Å². The van der Waals surface area contributed by atoms with Crippen molar-refractivity contribution < 1.29 is 13.9 Å². The number of halogens is 1. The molecule has 4 rings (SSSR count). The second kappa shape index (κ2) is 7.14. The minimum absolute atomic E-state index is 0.0874. The highest BCUT2D eigenvalue weighted by Gasteiger charge is 2.38. The van der Waals surface area contributed by atoms with Gasteiger partial charge in [0.1, 0.15) is 23.5 Å². The van der Waals surface area contributed by atoms with E-state index >= 15 is 0 Å². The lowest BCUT2D eigenvalue weighted by Gasteiger charge is -2.40. The van der Waals surface area contributed by atoms with E-state index in [0.29, 0.717) is 24.7 Å². The van der Waals surface area contributed by atoms with Crippen molar-refractivity contribution in [3.63, 3.8) is 0 Å². The maximum absolute atomic E-state index is 13.1. The average molecular weight is 367 g/mol. The van der Waals surface area contributed by atoms with Gasteiger partial charge in [0.15, 0.2) is 6.04 Å². The smallest absolute Gasteiger partial charge is 0.252 e. The molecule has 0 aliphatic carbocycles. The van der Waals surface area contributed by atoms with Crippen molar-refractivity contribution in [2.45, 2.75) is 19.1 Å². The van der Waals surface area contributed by atoms with Crippen LogP contribution in [0.15, 0.2) is 54.6 Å². The van der Waals surface area contributed by atoms with Gasteiger partial charge in [0.2, 0.25) is 0 Å². The van der Waals surface area contributed by atoms with Gasteiger partial charge in [-0.2, -0.15) is 0 Å². The molecule has 1 atom stereocenters. The molecule has 1 fully saturated rings. The van der Waals surface area contributed by atoms with Gasteiger partial charge in [0.25, 0.3) is 5.91 Å². The van der Waals surface area contributed by atoms with Crippen LogP contribution in [-0.4, -0.2) is 50.2 Å². The Bertz CT molecular complexity index is 923. The average Bonchev–Trinajstić information content (AvgIpc) is 3.06. The number of amides is 1. The first-order valence-corrected chi connectivity index (χ1v) is 8.62. The number of rotatable bonds is 5. The predicted molar refractivity (Wildman–Crippen MR) is 94.5 cm³/mol. The first kappa shape index (κ1) is 17.1. The summed E-state index contributed by atoms with van der Waals surface area (Å²) >= 11 is 0. The highest BCUT2D eigenvalue weighted by Crippen LogP contribution is 2.25. The second-order valence-corrected chi connectivity index (χ2v) is 6.42. The molecular formula is C19H18FN5O2. The fourth-order valence-electron chi connectivity index (χ4n) is 3.07. The molecule has 1 amide bonds. The molecule has 0 saturated carbocycles. The third-order valence-corrected chi connectivity index (χ3v) is 4.53. The van der Waals surface area contributed by atoms with Crippen LogP contribution in [0.5, 0.6) is 5.75 Å². The van der Waals surface area contributed by atoms with Gasteiger partial charge in [-0.15, -0.1) is 5.10 Å². The number of likely N-dealkylation sites (tertiary alicyclic amines) is 1. The summed E-state index contributed by atoms with van der Waals surface area (Å²) in [4.78, 5) is 14.8. The molecule has 2 heterocycles. The molecule has 1 unspecified atom stereocenters. The van der Waals surface area contributed by atoms with Crippen LogP contribution < -0.4 is 4.74 Å². The van der Waals surface area contributed by atoms with Crippen LogP contribution in [0.4, 0.5) is 4.39 Å². The molecule has 0 N–H and O–H groups in total. The zero-order valence-electron chi connectivity index (χ0n) is 14.7. The standard InChI is InChI=1S/C19H18FN5O2/c1-13-21-22-23-25(13)18(14-5-3-2-4-6-14)19(26)24-11-17(12-24)27-16-9-7-15(20)8-10-16/h2-10,17-18H,11-12H2,1H3. The van der Waals surface area contributed by atoms with E-state index in [4.69, 9.17) is 4.74 Å². The van der Waals surface area contributed by atoms with E-state index in [1.54, 1.807) is 24.0 Å². The number of benzene rings is 2. The van der Waals surface area contributed by atoms with Crippen molar-refractivity contribution in [3.8, 4) is 5.75 Å². The maximum Gasteiger partial charge on any atom is 0.252 e. The Hall–Kier alpha value is -3.29. The Morgan fingerprint density at radius 1 is 1.15 bits per heavy atom.